The van der Waals surface area contributed by atoms with E-state index in [-0.39, 0.29) is 11.9 Å². The van der Waals surface area contributed by atoms with Crippen LogP contribution in [0.3, 0.4) is 0 Å². The van der Waals surface area contributed by atoms with Gasteiger partial charge in [0.1, 0.15) is 17.1 Å². The zero-order chi connectivity index (χ0) is 17.9. The molecule has 26 heavy (non-hydrogen) atoms. The summed E-state index contributed by atoms with van der Waals surface area (Å²) < 4.78 is 12.3. The normalized spacial score (nSPS) is 12.0. The number of ether oxygens (including phenoxy) is 1. The number of hydrogen-bond donors (Lipinski definition) is 1. The zero-order valence-corrected chi connectivity index (χ0v) is 15.0. The SMILES string of the molecule is CC(NC(=O)c1cc2occc2s1)c1ccccc1Oc1ccccc1. The number of furan rings is 1. The van der Waals surface area contributed by atoms with Crippen molar-refractivity contribution >= 4 is 27.5 Å². The van der Waals surface area contributed by atoms with Crippen molar-refractivity contribution in [3.63, 3.8) is 0 Å². The van der Waals surface area contributed by atoms with E-state index < -0.39 is 0 Å². The molecular formula is C21H17NO3S. The Bertz CT molecular complexity index is 1010. The predicted octanol–water partition coefficient (Wildman–Crippen LogP) is 5.78. The van der Waals surface area contributed by atoms with Crippen LogP contribution in [0.1, 0.15) is 28.2 Å². The largest absolute Gasteiger partial charge is 0.463 e. The average Bonchev–Trinajstić information content (AvgIpc) is 3.25. The van der Waals surface area contributed by atoms with Gasteiger partial charge in [0.15, 0.2) is 0 Å². The van der Waals surface area contributed by atoms with Crippen LogP contribution >= 0.6 is 11.3 Å². The van der Waals surface area contributed by atoms with Crippen molar-refractivity contribution in [2.75, 3.05) is 0 Å². The number of nitrogens with one attached hydrogen (secondary N) is 1. The van der Waals surface area contributed by atoms with E-state index in [1.165, 1.54) is 11.3 Å². The third-order valence-corrected chi connectivity index (χ3v) is 5.15. The number of thiophene rings is 1. The van der Waals surface area contributed by atoms with E-state index in [0.29, 0.717) is 4.88 Å². The van der Waals surface area contributed by atoms with Gasteiger partial charge in [-0.2, -0.15) is 0 Å². The summed E-state index contributed by atoms with van der Waals surface area (Å²) in [7, 11) is 0. The van der Waals surface area contributed by atoms with Crippen LogP contribution in [0.5, 0.6) is 11.5 Å². The van der Waals surface area contributed by atoms with Crippen molar-refractivity contribution in [2.24, 2.45) is 0 Å². The number of rotatable bonds is 5. The monoisotopic (exact) mass is 363 g/mol. The summed E-state index contributed by atoms with van der Waals surface area (Å²) in [6, 6.07) is 20.8. The number of para-hydroxylation sites is 2. The van der Waals surface area contributed by atoms with Crippen molar-refractivity contribution < 1.29 is 13.9 Å². The molecule has 0 aliphatic rings. The first kappa shape index (κ1) is 16.4. The molecule has 0 spiro atoms. The first-order valence-electron chi connectivity index (χ1n) is 8.30. The fourth-order valence-corrected chi connectivity index (χ4v) is 3.66. The topological polar surface area (TPSA) is 51.5 Å². The quantitative estimate of drug-likeness (QED) is 0.489. The van der Waals surface area contributed by atoms with Gasteiger partial charge in [-0.3, -0.25) is 4.79 Å². The molecule has 0 bridgehead atoms. The third-order valence-electron chi connectivity index (χ3n) is 4.07. The van der Waals surface area contributed by atoms with Gasteiger partial charge in [0.25, 0.3) is 5.91 Å². The Hall–Kier alpha value is -3.05. The lowest BCUT2D eigenvalue weighted by molar-refractivity contribution is 0.0943. The molecule has 0 saturated carbocycles. The Morgan fingerprint density at radius 3 is 2.65 bits per heavy atom. The fraction of sp³-hybridized carbons (Fsp3) is 0.0952. The van der Waals surface area contributed by atoms with Crippen LogP contribution < -0.4 is 10.1 Å². The van der Waals surface area contributed by atoms with Gasteiger partial charge < -0.3 is 14.5 Å². The van der Waals surface area contributed by atoms with Crippen molar-refractivity contribution in [2.45, 2.75) is 13.0 Å². The second-order valence-electron chi connectivity index (χ2n) is 5.91. The Balaban J connectivity index is 1.53. The highest BCUT2D eigenvalue weighted by Gasteiger charge is 2.18. The molecule has 0 fully saturated rings. The number of carbonyl (C=O) groups is 1. The molecule has 130 valence electrons. The van der Waals surface area contributed by atoms with Crippen molar-refractivity contribution in [1.82, 2.24) is 5.32 Å². The van der Waals surface area contributed by atoms with Crippen LogP contribution in [0.15, 0.2) is 77.4 Å². The maximum Gasteiger partial charge on any atom is 0.261 e. The standard InChI is InChI=1S/C21H17NO3S/c1-14(22-21(23)20-13-18-19(26-20)11-12-24-18)16-9-5-6-10-17(16)25-15-7-3-2-4-8-15/h2-14H,1H3,(H,22,23). The van der Waals surface area contributed by atoms with E-state index in [2.05, 4.69) is 5.32 Å². The molecule has 0 radical (unpaired) electrons. The minimum absolute atomic E-state index is 0.122. The van der Waals surface area contributed by atoms with Crippen molar-refractivity contribution in [3.05, 3.63) is 83.4 Å². The lowest BCUT2D eigenvalue weighted by Gasteiger charge is -2.18. The van der Waals surface area contributed by atoms with Crippen LogP contribution in [0.4, 0.5) is 0 Å². The molecule has 1 N–H and O–H groups in total. The first-order chi connectivity index (χ1) is 12.7. The summed E-state index contributed by atoms with van der Waals surface area (Å²) in [4.78, 5) is 13.2. The van der Waals surface area contributed by atoms with Crippen LogP contribution in [-0.4, -0.2) is 5.91 Å². The Labute approximate surface area is 155 Å². The van der Waals surface area contributed by atoms with E-state index >= 15 is 0 Å². The van der Waals surface area contributed by atoms with Crippen LogP contribution in [0, 0.1) is 0 Å². The third kappa shape index (κ3) is 3.34. The lowest BCUT2D eigenvalue weighted by atomic mass is 10.1. The van der Waals surface area contributed by atoms with Crippen LogP contribution in [0.2, 0.25) is 0 Å². The number of amides is 1. The molecule has 2 aromatic heterocycles. The smallest absolute Gasteiger partial charge is 0.261 e. The second-order valence-corrected chi connectivity index (χ2v) is 6.99. The van der Waals surface area contributed by atoms with Crippen molar-refractivity contribution in [3.8, 4) is 11.5 Å². The molecule has 0 saturated heterocycles. The molecule has 4 aromatic rings. The molecule has 1 atom stereocenters. The highest BCUT2D eigenvalue weighted by Crippen LogP contribution is 2.31. The number of fused-ring (bicyclic) bond motifs is 1. The number of hydrogen-bond acceptors (Lipinski definition) is 4. The minimum Gasteiger partial charge on any atom is -0.463 e. The maximum atomic E-state index is 12.6. The molecule has 0 aliphatic heterocycles. The first-order valence-corrected chi connectivity index (χ1v) is 9.12. The minimum atomic E-state index is -0.198. The molecule has 4 rings (SSSR count). The van der Waals surface area contributed by atoms with E-state index in [0.717, 1.165) is 27.3 Å². The van der Waals surface area contributed by atoms with Crippen molar-refractivity contribution in [1.29, 1.82) is 0 Å². The summed E-state index contributed by atoms with van der Waals surface area (Å²) in [5, 5.41) is 3.04. The van der Waals surface area contributed by atoms with Gasteiger partial charge in [0.05, 0.1) is 21.9 Å². The Morgan fingerprint density at radius 2 is 1.85 bits per heavy atom. The van der Waals surface area contributed by atoms with Gasteiger partial charge >= 0.3 is 0 Å². The highest BCUT2D eigenvalue weighted by molar-refractivity contribution is 7.20. The Morgan fingerprint density at radius 1 is 1.08 bits per heavy atom. The fourth-order valence-electron chi connectivity index (χ4n) is 2.77. The molecule has 0 aliphatic carbocycles. The summed E-state index contributed by atoms with van der Waals surface area (Å²) in [5.41, 5.74) is 1.66. The average molecular weight is 363 g/mol. The van der Waals surface area contributed by atoms with E-state index in [4.69, 9.17) is 9.15 Å². The van der Waals surface area contributed by atoms with Crippen LogP contribution in [0.25, 0.3) is 10.3 Å². The summed E-state index contributed by atoms with van der Waals surface area (Å²) >= 11 is 1.42. The van der Waals surface area contributed by atoms with E-state index in [1.54, 1.807) is 12.3 Å². The summed E-state index contributed by atoms with van der Waals surface area (Å²) in [6.45, 7) is 1.95. The number of carbonyl (C=O) groups excluding carboxylic acids is 1. The molecule has 2 aromatic carbocycles. The second kappa shape index (κ2) is 7.06. The molecule has 5 heteroatoms. The van der Waals surface area contributed by atoms with Gasteiger partial charge in [0, 0.05) is 11.6 Å². The molecule has 2 heterocycles. The molecule has 1 unspecified atom stereocenters. The van der Waals surface area contributed by atoms with Gasteiger partial charge in [0.2, 0.25) is 0 Å². The lowest BCUT2D eigenvalue weighted by Crippen LogP contribution is -2.26. The van der Waals surface area contributed by atoms with Gasteiger partial charge in [-0.1, -0.05) is 36.4 Å². The van der Waals surface area contributed by atoms with Gasteiger partial charge in [-0.25, -0.2) is 0 Å². The molecule has 4 nitrogen and oxygen atoms in total. The van der Waals surface area contributed by atoms with E-state index in [1.807, 2.05) is 67.6 Å². The maximum absolute atomic E-state index is 12.6. The number of benzene rings is 2. The molecular weight excluding hydrogens is 346 g/mol. The van der Waals surface area contributed by atoms with Crippen LogP contribution in [-0.2, 0) is 0 Å². The van der Waals surface area contributed by atoms with Gasteiger partial charge in [-0.15, -0.1) is 11.3 Å². The Kier molecular flexibility index (Phi) is 4.46. The zero-order valence-electron chi connectivity index (χ0n) is 14.1. The summed E-state index contributed by atoms with van der Waals surface area (Å²) in [5.74, 6) is 1.37. The predicted molar refractivity (Wildman–Crippen MR) is 103 cm³/mol. The molecule has 1 amide bonds. The van der Waals surface area contributed by atoms with Gasteiger partial charge in [-0.05, 0) is 31.2 Å². The highest BCUT2D eigenvalue weighted by atomic mass is 32.1. The van der Waals surface area contributed by atoms with E-state index in [9.17, 15) is 4.79 Å². The summed E-state index contributed by atoms with van der Waals surface area (Å²) in [6.07, 6.45) is 1.63.